The molecule has 0 bridgehead atoms. The molecule has 2 aromatic carbocycles. The molecule has 0 unspecified atom stereocenters. The van der Waals surface area contributed by atoms with Crippen molar-refractivity contribution in [3.8, 4) is 21.7 Å². The number of nitrogens with zero attached hydrogens (tertiary/aromatic N) is 1. The zero-order valence-corrected chi connectivity index (χ0v) is 13.0. The highest BCUT2D eigenvalue weighted by Crippen LogP contribution is 2.39. The van der Waals surface area contributed by atoms with Crippen molar-refractivity contribution >= 4 is 38.9 Å². The van der Waals surface area contributed by atoms with E-state index in [2.05, 4.69) is 39.1 Å². The molecule has 0 fully saturated rings. The van der Waals surface area contributed by atoms with E-state index in [1.54, 1.807) is 0 Å². The maximum Gasteiger partial charge on any atom is 0.184 e. The van der Waals surface area contributed by atoms with Crippen LogP contribution < -0.4 is 0 Å². The minimum absolute atomic E-state index is 0.564. The average molecular weight is 351 g/mol. The number of benzene rings is 2. The van der Waals surface area contributed by atoms with Crippen LogP contribution in [0, 0.1) is 0 Å². The Morgan fingerprint density at radius 3 is 2.42 bits per heavy atom. The zero-order chi connectivity index (χ0) is 13.2. The van der Waals surface area contributed by atoms with Crippen LogP contribution in [-0.2, 0) is 0 Å². The van der Waals surface area contributed by atoms with Crippen LogP contribution in [0.5, 0.6) is 0 Å². The molecule has 0 saturated heterocycles. The number of hydrogen-bond donors (Lipinski definition) is 0. The van der Waals surface area contributed by atoms with E-state index in [9.17, 15) is 0 Å². The number of halogens is 2. The maximum absolute atomic E-state index is 6.10. The smallest absolute Gasteiger partial charge is 0.184 e. The van der Waals surface area contributed by atoms with Crippen molar-refractivity contribution in [2.24, 2.45) is 0 Å². The standard InChI is InChI=1S/C15H9BrClNS/c16-12-8-4-7-11(9-12)13-14(19-15(17)18-13)10-5-2-1-3-6-10/h1-9H. The Morgan fingerprint density at radius 2 is 1.68 bits per heavy atom. The highest BCUT2D eigenvalue weighted by Gasteiger charge is 2.13. The van der Waals surface area contributed by atoms with Gasteiger partial charge in [0.05, 0.1) is 10.6 Å². The van der Waals surface area contributed by atoms with E-state index in [0.717, 1.165) is 26.2 Å². The van der Waals surface area contributed by atoms with Crippen molar-refractivity contribution in [1.82, 2.24) is 4.98 Å². The molecule has 3 rings (SSSR count). The molecular weight excluding hydrogens is 342 g/mol. The van der Waals surface area contributed by atoms with E-state index in [4.69, 9.17) is 11.6 Å². The van der Waals surface area contributed by atoms with Gasteiger partial charge in [-0.2, -0.15) is 0 Å². The molecule has 4 heteroatoms. The number of rotatable bonds is 2. The third-order valence-corrected chi connectivity index (χ3v) is 4.44. The summed E-state index contributed by atoms with van der Waals surface area (Å²) >= 11 is 11.1. The zero-order valence-electron chi connectivity index (χ0n) is 9.81. The summed E-state index contributed by atoms with van der Waals surface area (Å²) in [6, 6.07) is 18.3. The molecule has 1 aromatic heterocycles. The molecule has 1 nitrogen and oxygen atoms in total. The molecule has 0 radical (unpaired) electrons. The Kier molecular flexibility index (Phi) is 3.69. The van der Waals surface area contributed by atoms with E-state index in [1.807, 2.05) is 36.4 Å². The van der Waals surface area contributed by atoms with Gasteiger partial charge in [0, 0.05) is 10.0 Å². The van der Waals surface area contributed by atoms with Crippen LogP contribution in [-0.4, -0.2) is 4.98 Å². The van der Waals surface area contributed by atoms with Gasteiger partial charge in [-0.25, -0.2) is 4.98 Å². The fourth-order valence-electron chi connectivity index (χ4n) is 1.91. The van der Waals surface area contributed by atoms with Gasteiger partial charge in [0.25, 0.3) is 0 Å². The Balaban J connectivity index is 2.18. The minimum Gasteiger partial charge on any atom is -0.224 e. The second-order valence-corrected chi connectivity index (χ2v) is 6.52. The summed E-state index contributed by atoms with van der Waals surface area (Å²) < 4.78 is 1.60. The molecule has 1 heterocycles. The lowest BCUT2D eigenvalue weighted by Crippen LogP contribution is -1.81. The first-order valence-corrected chi connectivity index (χ1v) is 7.70. The van der Waals surface area contributed by atoms with Crippen LogP contribution in [0.3, 0.4) is 0 Å². The lowest BCUT2D eigenvalue weighted by molar-refractivity contribution is 1.40. The van der Waals surface area contributed by atoms with Gasteiger partial charge in [-0.1, -0.05) is 70.0 Å². The van der Waals surface area contributed by atoms with Gasteiger partial charge >= 0.3 is 0 Å². The minimum atomic E-state index is 0.564. The fraction of sp³-hybridized carbons (Fsp3) is 0. The van der Waals surface area contributed by atoms with Crippen LogP contribution >= 0.6 is 38.9 Å². The molecule has 0 N–H and O–H groups in total. The summed E-state index contributed by atoms with van der Waals surface area (Å²) in [6.45, 7) is 0. The Morgan fingerprint density at radius 1 is 0.947 bits per heavy atom. The molecule has 0 saturated carbocycles. The van der Waals surface area contributed by atoms with Gasteiger partial charge in [-0.3, -0.25) is 0 Å². The predicted octanol–water partition coefficient (Wildman–Crippen LogP) is 5.89. The first kappa shape index (κ1) is 12.9. The number of hydrogen-bond acceptors (Lipinski definition) is 2. The summed E-state index contributed by atoms with van der Waals surface area (Å²) in [4.78, 5) is 5.56. The summed E-state index contributed by atoms with van der Waals surface area (Å²) in [5.41, 5.74) is 3.14. The van der Waals surface area contributed by atoms with E-state index in [1.165, 1.54) is 11.3 Å². The molecular formula is C15H9BrClNS. The van der Waals surface area contributed by atoms with Crippen LogP contribution in [0.15, 0.2) is 59.1 Å². The normalized spacial score (nSPS) is 10.6. The third-order valence-electron chi connectivity index (χ3n) is 2.74. The first-order chi connectivity index (χ1) is 9.24. The second kappa shape index (κ2) is 5.45. The van der Waals surface area contributed by atoms with Gasteiger partial charge in [0.2, 0.25) is 0 Å². The molecule has 0 atom stereocenters. The Hall–Kier alpha value is -1.16. The van der Waals surface area contributed by atoms with Crippen molar-refractivity contribution < 1.29 is 0 Å². The van der Waals surface area contributed by atoms with Crippen molar-refractivity contribution in [3.63, 3.8) is 0 Å². The van der Waals surface area contributed by atoms with Gasteiger partial charge in [0.1, 0.15) is 0 Å². The van der Waals surface area contributed by atoms with Gasteiger partial charge in [0.15, 0.2) is 4.47 Å². The number of thiazole rings is 1. The first-order valence-electron chi connectivity index (χ1n) is 5.72. The lowest BCUT2D eigenvalue weighted by atomic mass is 10.1. The largest absolute Gasteiger partial charge is 0.224 e. The van der Waals surface area contributed by atoms with Crippen molar-refractivity contribution in [2.75, 3.05) is 0 Å². The molecule has 0 aliphatic rings. The van der Waals surface area contributed by atoms with E-state index < -0.39 is 0 Å². The molecule has 19 heavy (non-hydrogen) atoms. The average Bonchev–Trinajstić information content (AvgIpc) is 2.82. The van der Waals surface area contributed by atoms with Crippen molar-refractivity contribution in [3.05, 3.63) is 63.5 Å². The van der Waals surface area contributed by atoms with E-state index >= 15 is 0 Å². The topological polar surface area (TPSA) is 12.9 Å². The SMILES string of the molecule is Clc1nc(-c2cccc(Br)c2)c(-c2ccccc2)s1. The summed E-state index contributed by atoms with van der Waals surface area (Å²) in [5, 5.41) is 0. The van der Waals surface area contributed by atoms with Gasteiger partial charge in [-0.05, 0) is 17.7 Å². The number of aromatic nitrogens is 1. The van der Waals surface area contributed by atoms with Crippen LogP contribution in [0.2, 0.25) is 4.47 Å². The maximum atomic E-state index is 6.10. The predicted molar refractivity (Wildman–Crippen MR) is 85.7 cm³/mol. The molecule has 0 amide bonds. The summed E-state index contributed by atoms with van der Waals surface area (Å²) in [7, 11) is 0. The summed E-state index contributed by atoms with van der Waals surface area (Å²) in [5.74, 6) is 0. The molecule has 0 spiro atoms. The monoisotopic (exact) mass is 349 g/mol. The van der Waals surface area contributed by atoms with E-state index in [0.29, 0.717) is 4.47 Å². The highest BCUT2D eigenvalue weighted by molar-refractivity contribution is 9.10. The highest BCUT2D eigenvalue weighted by atomic mass is 79.9. The van der Waals surface area contributed by atoms with Gasteiger partial charge in [-0.15, -0.1) is 11.3 Å². The molecule has 0 aliphatic carbocycles. The quantitative estimate of drug-likeness (QED) is 0.561. The van der Waals surface area contributed by atoms with Crippen LogP contribution in [0.1, 0.15) is 0 Å². The van der Waals surface area contributed by atoms with Gasteiger partial charge < -0.3 is 0 Å². The third kappa shape index (κ3) is 2.73. The Bertz CT molecular complexity index is 709. The fourth-order valence-corrected chi connectivity index (χ4v) is 3.45. The molecule has 3 aromatic rings. The van der Waals surface area contributed by atoms with Crippen molar-refractivity contribution in [1.29, 1.82) is 0 Å². The molecule has 0 aliphatic heterocycles. The molecule has 94 valence electrons. The summed E-state index contributed by atoms with van der Waals surface area (Å²) in [6.07, 6.45) is 0. The van der Waals surface area contributed by atoms with Crippen LogP contribution in [0.25, 0.3) is 21.7 Å². The van der Waals surface area contributed by atoms with Crippen molar-refractivity contribution in [2.45, 2.75) is 0 Å². The van der Waals surface area contributed by atoms with E-state index in [-0.39, 0.29) is 0 Å². The Labute approximate surface area is 129 Å². The second-order valence-electron chi connectivity index (χ2n) is 4.02. The van der Waals surface area contributed by atoms with Crippen LogP contribution in [0.4, 0.5) is 0 Å². The lowest BCUT2D eigenvalue weighted by Gasteiger charge is -2.03.